The van der Waals surface area contributed by atoms with Gasteiger partial charge in [0, 0.05) is 19.0 Å². The number of sulfonamides is 1. The molecule has 0 atom stereocenters. The zero-order chi connectivity index (χ0) is 13.9. The van der Waals surface area contributed by atoms with Gasteiger partial charge in [-0.05, 0) is 17.7 Å². The van der Waals surface area contributed by atoms with Crippen molar-refractivity contribution in [3.8, 4) is 5.75 Å². The SMILES string of the molecule is COc1ccc(CCl)cc1S(=O)(=O)N1CCOCC1. The molecule has 5 nitrogen and oxygen atoms in total. The third-order valence-electron chi connectivity index (χ3n) is 2.97. The molecule has 2 rings (SSSR count). The number of methoxy groups -OCH3 is 1. The Balaban J connectivity index is 2.43. The Hall–Kier alpha value is -0.820. The summed E-state index contributed by atoms with van der Waals surface area (Å²) in [4.78, 5) is 0.162. The van der Waals surface area contributed by atoms with Gasteiger partial charge in [-0.25, -0.2) is 8.42 Å². The molecule has 0 N–H and O–H groups in total. The van der Waals surface area contributed by atoms with Crippen LogP contribution in [0.25, 0.3) is 0 Å². The van der Waals surface area contributed by atoms with Crippen LogP contribution in [0.4, 0.5) is 0 Å². The van der Waals surface area contributed by atoms with Gasteiger partial charge in [-0.2, -0.15) is 4.31 Å². The molecule has 1 aliphatic rings. The highest BCUT2D eigenvalue weighted by molar-refractivity contribution is 7.89. The third-order valence-corrected chi connectivity index (χ3v) is 5.20. The predicted molar refractivity (Wildman–Crippen MR) is 72.1 cm³/mol. The molecule has 1 aromatic carbocycles. The van der Waals surface area contributed by atoms with Gasteiger partial charge in [-0.1, -0.05) is 6.07 Å². The molecule has 1 heterocycles. The molecule has 1 aliphatic heterocycles. The molecule has 0 unspecified atom stereocenters. The largest absolute Gasteiger partial charge is 0.495 e. The molecule has 0 saturated carbocycles. The standard InChI is InChI=1S/C12H16ClNO4S/c1-17-11-3-2-10(9-13)8-12(11)19(15,16)14-4-6-18-7-5-14/h2-3,8H,4-7,9H2,1H3. The zero-order valence-corrected chi connectivity index (χ0v) is 12.2. The van der Waals surface area contributed by atoms with E-state index in [4.69, 9.17) is 21.1 Å². The number of halogens is 1. The number of morpholine rings is 1. The van der Waals surface area contributed by atoms with Crippen molar-refractivity contribution < 1.29 is 17.9 Å². The number of hydrogen-bond acceptors (Lipinski definition) is 4. The summed E-state index contributed by atoms with van der Waals surface area (Å²) in [6.07, 6.45) is 0. The van der Waals surface area contributed by atoms with Crippen LogP contribution in [0.5, 0.6) is 5.75 Å². The fourth-order valence-electron chi connectivity index (χ4n) is 1.93. The summed E-state index contributed by atoms with van der Waals surface area (Å²) < 4.78 is 36.9. The van der Waals surface area contributed by atoms with Crippen molar-refractivity contribution in [1.82, 2.24) is 4.31 Å². The van der Waals surface area contributed by atoms with Crippen molar-refractivity contribution in [3.05, 3.63) is 23.8 Å². The van der Waals surface area contributed by atoms with Crippen LogP contribution < -0.4 is 4.74 Å². The van der Waals surface area contributed by atoms with Crippen molar-refractivity contribution in [3.63, 3.8) is 0 Å². The van der Waals surface area contributed by atoms with Crippen molar-refractivity contribution in [2.45, 2.75) is 10.8 Å². The maximum atomic E-state index is 12.6. The molecule has 1 fully saturated rings. The van der Waals surface area contributed by atoms with Crippen LogP contribution in [0.3, 0.4) is 0 Å². The summed E-state index contributed by atoms with van der Waals surface area (Å²) in [6.45, 7) is 1.54. The van der Waals surface area contributed by atoms with Crippen molar-refractivity contribution in [1.29, 1.82) is 0 Å². The maximum absolute atomic E-state index is 12.6. The molecular formula is C12H16ClNO4S. The minimum Gasteiger partial charge on any atom is -0.495 e. The highest BCUT2D eigenvalue weighted by atomic mass is 35.5. The van der Waals surface area contributed by atoms with Gasteiger partial charge in [-0.3, -0.25) is 0 Å². The van der Waals surface area contributed by atoms with Crippen LogP contribution in [-0.2, 0) is 20.6 Å². The number of rotatable bonds is 4. The molecule has 1 aromatic rings. The van der Waals surface area contributed by atoms with E-state index in [1.165, 1.54) is 11.4 Å². The summed E-state index contributed by atoms with van der Waals surface area (Å²) in [5.74, 6) is 0.593. The van der Waals surface area contributed by atoms with E-state index in [9.17, 15) is 8.42 Å². The Labute approximate surface area is 118 Å². The fourth-order valence-corrected chi connectivity index (χ4v) is 3.71. The number of alkyl halides is 1. The first-order valence-corrected chi connectivity index (χ1v) is 7.88. The second kappa shape index (κ2) is 6.09. The van der Waals surface area contributed by atoms with Gasteiger partial charge in [0.05, 0.1) is 20.3 Å². The van der Waals surface area contributed by atoms with Gasteiger partial charge in [0.1, 0.15) is 10.6 Å². The molecule has 0 aromatic heterocycles. The quantitative estimate of drug-likeness (QED) is 0.790. The van der Waals surface area contributed by atoms with Gasteiger partial charge in [-0.15, -0.1) is 11.6 Å². The van der Waals surface area contributed by atoms with Crippen LogP contribution in [-0.4, -0.2) is 46.1 Å². The summed E-state index contributed by atoms with van der Waals surface area (Å²) >= 11 is 5.76. The average molecular weight is 306 g/mol. The number of hydrogen-bond donors (Lipinski definition) is 0. The van der Waals surface area contributed by atoms with Gasteiger partial charge < -0.3 is 9.47 Å². The van der Waals surface area contributed by atoms with E-state index in [-0.39, 0.29) is 10.8 Å². The summed E-state index contributed by atoms with van der Waals surface area (Å²) in [6, 6.07) is 4.95. The Morgan fingerprint density at radius 3 is 2.63 bits per heavy atom. The predicted octanol–water partition coefficient (Wildman–Crippen LogP) is 1.45. The Kier molecular flexibility index (Phi) is 4.67. The minimum atomic E-state index is -3.57. The van der Waals surface area contributed by atoms with E-state index in [1.54, 1.807) is 18.2 Å². The normalized spacial score (nSPS) is 17.4. The molecule has 0 spiro atoms. The summed E-state index contributed by atoms with van der Waals surface area (Å²) in [5.41, 5.74) is 0.745. The summed E-state index contributed by atoms with van der Waals surface area (Å²) in [5, 5.41) is 0. The van der Waals surface area contributed by atoms with E-state index in [2.05, 4.69) is 0 Å². The second-order valence-electron chi connectivity index (χ2n) is 4.14. The molecule has 0 aliphatic carbocycles. The smallest absolute Gasteiger partial charge is 0.246 e. The fraction of sp³-hybridized carbons (Fsp3) is 0.500. The van der Waals surface area contributed by atoms with Crippen LogP contribution in [0, 0.1) is 0 Å². The van der Waals surface area contributed by atoms with E-state index in [0.717, 1.165) is 5.56 Å². The average Bonchev–Trinajstić information content (AvgIpc) is 2.47. The van der Waals surface area contributed by atoms with E-state index < -0.39 is 10.0 Å². The lowest BCUT2D eigenvalue weighted by Gasteiger charge is -2.26. The number of ether oxygens (including phenoxy) is 2. The summed E-state index contributed by atoms with van der Waals surface area (Å²) in [7, 11) is -2.12. The Morgan fingerprint density at radius 1 is 1.37 bits per heavy atom. The van der Waals surface area contributed by atoms with Crippen LogP contribution in [0.2, 0.25) is 0 Å². The second-order valence-corrected chi connectivity index (χ2v) is 6.31. The lowest BCUT2D eigenvalue weighted by atomic mass is 10.2. The highest BCUT2D eigenvalue weighted by Crippen LogP contribution is 2.28. The Bertz CT molecular complexity index is 541. The molecule has 19 heavy (non-hydrogen) atoms. The first-order valence-electron chi connectivity index (χ1n) is 5.90. The zero-order valence-electron chi connectivity index (χ0n) is 10.6. The third kappa shape index (κ3) is 3.02. The lowest BCUT2D eigenvalue weighted by Crippen LogP contribution is -2.40. The van der Waals surface area contributed by atoms with Gasteiger partial charge in [0.25, 0.3) is 0 Å². The molecular weight excluding hydrogens is 290 g/mol. The molecule has 0 radical (unpaired) electrons. The van der Waals surface area contributed by atoms with E-state index in [1.807, 2.05) is 0 Å². The maximum Gasteiger partial charge on any atom is 0.246 e. The monoisotopic (exact) mass is 305 g/mol. The lowest BCUT2D eigenvalue weighted by molar-refractivity contribution is 0.0729. The first-order chi connectivity index (χ1) is 9.09. The topological polar surface area (TPSA) is 55.8 Å². The van der Waals surface area contributed by atoms with Crippen LogP contribution in [0.15, 0.2) is 23.1 Å². The highest BCUT2D eigenvalue weighted by Gasteiger charge is 2.29. The van der Waals surface area contributed by atoms with Gasteiger partial charge >= 0.3 is 0 Å². The van der Waals surface area contributed by atoms with E-state index in [0.29, 0.717) is 32.1 Å². The van der Waals surface area contributed by atoms with Crippen molar-refractivity contribution >= 4 is 21.6 Å². The number of nitrogens with zero attached hydrogens (tertiary/aromatic N) is 1. The van der Waals surface area contributed by atoms with Crippen LogP contribution in [0.1, 0.15) is 5.56 Å². The number of benzene rings is 1. The van der Waals surface area contributed by atoms with E-state index >= 15 is 0 Å². The van der Waals surface area contributed by atoms with Crippen molar-refractivity contribution in [2.24, 2.45) is 0 Å². The van der Waals surface area contributed by atoms with Crippen LogP contribution >= 0.6 is 11.6 Å². The first kappa shape index (κ1) is 14.6. The molecule has 0 bridgehead atoms. The molecule has 1 saturated heterocycles. The molecule has 0 amide bonds. The molecule has 106 valence electrons. The van der Waals surface area contributed by atoms with Gasteiger partial charge in [0.2, 0.25) is 10.0 Å². The van der Waals surface area contributed by atoms with Gasteiger partial charge in [0.15, 0.2) is 0 Å². The molecule has 7 heteroatoms. The van der Waals surface area contributed by atoms with Crippen molar-refractivity contribution in [2.75, 3.05) is 33.4 Å². The Morgan fingerprint density at radius 2 is 2.05 bits per heavy atom. The minimum absolute atomic E-state index is 0.162.